The second-order valence-electron chi connectivity index (χ2n) is 6.15. The fourth-order valence-corrected chi connectivity index (χ4v) is 3.04. The molecule has 2 aromatic rings. The minimum absolute atomic E-state index is 0.105. The first-order chi connectivity index (χ1) is 11.9. The molecular weight excluding hydrogens is 336 g/mol. The zero-order valence-corrected chi connectivity index (χ0v) is 15.7. The molecular formula is C19H24N2O3S. The molecule has 0 aliphatic carbocycles. The highest BCUT2D eigenvalue weighted by molar-refractivity contribution is 7.10. The molecule has 6 heteroatoms. The number of amides is 1. The van der Waals surface area contributed by atoms with Gasteiger partial charge in [0.25, 0.3) is 0 Å². The number of carbonyl (C=O) groups excluding carboxylic acids is 2. The molecule has 2 N–H and O–H groups in total. The zero-order valence-electron chi connectivity index (χ0n) is 14.9. The number of ether oxygens (including phenoxy) is 1. The van der Waals surface area contributed by atoms with Gasteiger partial charge in [0.2, 0.25) is 5.91 Å². The van der Waals surface area contributed by atoms with Crippen molar-refractivity contribution in [3.8, 4) is 0 Å². The summed E-state index contributed by atoms with van der Waals surface area (Å²) in [6.45, 7) is 7.47. The lowest BCUT2D eigenvalue weighted by Gasteiger charge is -2.19. The van der Waals surface area contributed by atoms with E-state index < -0.39 is 0 Å². The van der Waals surface area contributed by atoms with Gasteiger partial charge in [-0.3, -0.25) is 10.1 Å². The van der Waals surface area contributed by atoms with E-state index in [4.69, 9.17) is 4.74 Å². The van der Waals surface area contributed by atoms with Crippen LogP contribution in [0.3, 0.4) is 0 Å². The van der Waals surface area contributed by atoms with Crippen molar-refractivity contribution < 1.29 is 14.3 Å². The molecule has 0 fully saturated rings. The summed E-state index contributed by atoms with van der Waals surface area (Å²) >= 11 is 1.66. The number of esters is 1. The van der Waals surface area contributed by atoms with Crippen LogP contribution < -0.4 is 10.6 Å². The standard InChI is InChI=1S/C19H24N2O3S/c1-12(2)24-19(23)15-7-9-16(10-8-15)21-18(22)14(4)20-13(3)17-6-5-11-25-17/h5-14,20H,1-4H3,(H,21,22). The first-order valence-electron chi connectivity index (χ1n) is 8.28. The molecule has 1 heterocycles. The third kappa shape index (κ3) is 5.69. The number of benzene rings is 1. The molecule has 1 amide bonds. The minimum Gasteiger partial charge on any atom is -0.459 e. The summed E-state index contributed by atoms with van der Waals surface area (Å²) < 4.78 is 5.14. The number of rotatable bonds is 7. The zero-order chi connectivity index (χ0) is 18.4. The van der Waals surface area contributed by atoms with Gasteiger partial charge in [-0.2, -0.15) is 0 Å². The van der Waals surface area contributed by atoms with Crippen molar-refractivity contribution in [3.63, 3.8) is 0 Å². The van der Waals surface area contributed by atoms with Gasteiger partial charge in [-0.25, -0.2) is 4.79 Å². The molecule has 0 aliphatic heterocycles. The minimum atomic E-state index is -0.368. The molecule has 0 bridgehead atoms. The third-order valence-electron chi connectivity index (χ3n) is 3.59. The van der Waals surface area contributed by atoms with E-state index in [-0.39, 0.29) is 30.1 Å². The summed E-state index contributed by atoms with van der Waals surface area (Å²) in [5.41, 5.74) is 1.10. The van der Waals surface area contributed by atoms with Crippen molar-refractivity contribution in [2.45, 2.75) is 45.9 Å². The number of hydrogen-bond donors (Lipinski definition) is 2. The molecule has 134 valence electrons. The lowest BCUT2D eigenvalue weighted by molar-refractivity contribution is -0.117. The summed E-state index contributed by atoms with van der Waals surface area (Å²) in [5, 5.41) is 8.14. The molecule has 1 aromatic heterocycles. The molecule has 0 saturated carbocycles. The number of thiophene rings is 1. The average Bonchev–Trinajstić information content (AvgIpc) is 3.09. The molecule has 5 nitrogen and oxygen atoms in total. The SMILES string of the molecule is CC(C)OC(=O)c1ccc(NC(=O)C(C)NC(C)c2cccs2)cc1. The Morgan fingerprint density at radius 1 is 1.04 bits per heavy atom. The van der Waals surface area contributed by atoms with Crippen molar-refractivity contribution in [2.24, 2.45) is 0 Å². The van der Waals surface area contributed by atoms with E-state index in [9.17, 15) is 9.59 Å². The Kier molecular flexibility index (Phi) is 6.73. The summed E-state index contributed by atoms with van der Waals surface area (Å²) in [4.78, 5) is 25.3. The van der Waals surface area contributed by atoms with Crippen LogP contribution in [0.1, 0.15) is 49.0 Å². The van der Waals surface area contributed by atoms with Crippen molar-refractivity contribution in [3.05, 3.63) is 52.2 Å². The quantitative estimate of drug-likeness (QED) is 0.733. The Labute approximate surface area is 152 Å². The van der Waals surface area contributed by atoms with Gasteiger partial charge in [0.15, 0.2) is 0 Å². The molecule has 0 spiro atoms. The number of carbonyl (C=O) groups is 2. The number of nitrogens with one attached hydrogen (secondary N) is 2. The molecule has 0 aliphatic rings. The maximum atomic E-state index is 12.3. The van der Waals surface area contributed by atoms with Gasteiger partial charge >= 0.3 is 5.97 Å². The fourth-order valence-electron chi connectivity index (χ4n) is 2.29. The van der Waals surface area contributed by atoms with E-state index in [1.807, 2.05) is 31.4 Å². The first-order valence-corrected chi connectivity index (χ1v) is 9.16. The van der Waals surface area contributed by atoms with Crippen LogP contribution in [0.2, 0.25) is 0 Å². The van der Waals surface area contributed by atoms with E-state index in [0.29, 0.717) is 11.3 Å². The Bertz CT molecular complexity index is 696. The Balaban J connectivity index is 1.90. The number of hydrogen-bond acceptors (Lipinski definition) is 5. The second kappa shape index (κ2) is 8.78. The van der Waals surface area contributed by atoms with E-state index in [0.717, 1.165) is 0 Å². The smallest absolute Gasteiger partial charge is 0.338 e. The van der Waals surface area contributed by atoms with Gasteiger partial charge in [0, 0.05) is 16.6 Å². The van der Waals surface area contributed by atoms with Gasteiger partial charge in [0.1, 0.15) is 0 Å². The first kappa shape index (κ1) is 19.1. The van der Waals surface area contributed by atoms with Crippen LogP contribution in [0, 0.1) is 0 Å². The maximum absolute atomic E-state index is 12.3. The normalized spacial score (nSPS) is 13.3. The predicted molar refractivity (Wildman–Crippen MR) is 101 cm³/mol. The van der Waals surface area contributed by atoms with Gasteiger partial charge in [-0.05, 0) is 63.4 Å². The van der Waals surface area contributed by atoms with E-state index >= 15 is 0 Å². The molecule has 0 radical (unpaired) electrons. The summed E-state index contributed by atoms with van der Waals surface area (Å²) in [6.07, 6.45) is -0.163. The van der Waals surface area contributed by atoms with Crippen molar-refractivity contribution >= 4 is 28.9 Å². The molecule has 25 heavy (non-hydrogen) atoms. The van der Waals surface area contributed by atoms with Crippen molar-refractivity contribution in [1.29, 1.82) is 0 Å². The van der Waals surface area contributed by atoms with Crippen LogP contribution in [-0.2, 0) is 9.53 Å². The van der Waals surface area contributed by atoms with Gasteiger partial charge < -0.3 is 10.1 Å². The molecule has 2 unspecified atom stereocenters. The topological polar surface area (TPSA) is 67.4 Å². The monoisotopic (exact) mass is 360 g/mol. The van der Waals surface area contributed by atoms with Gasteiger partial charge in [-0.1, -0.05) is 6.07 Å². The van der Waals surface area contributed by atoms with Crippen LogP contribution in [0.25, 0.3) is 0 Å². The van der Waals surface area contributed by atoms with Crippen LogP contribution in [0.15, 0.2) is 41.8 Å². The summed E-state index contributed by atoms with van der Waals surface area (Å²) in [7, 11) is 0. The van der Waals surface area contributed by atoms with Crippen LogP contribution >= 0.6 is 11.3 Å². The van der Waals surface area contributed by atoms with Crippen LogP contribution in [-0.4, -0.2) is 24.0 Å². The highest BCUT2D eigenvalue weighted by Gasteiger charge is 2.17. The highest BCUT2D eigenvalue weighted by atomic mass is 32.1. The Hall–Kier alpha value is -2.18. The summed E-state index contributed by atoms with van der Waals surface area (Å²) in [6, 6.07) is 10.5. The summed E-state index contributed by atoms with van der Waals surface area (Å²) in [5.74, 6) is -0.492. The fraction of sp³-hybridized carbons (Fsp3) is 0.368. The van der Waals surface area contributed by atoms with Gasteiger partial charge in [0.05, 0.1) is 17.7 Å². The van der Waals surface area contributed by atoms with Crippen molar-refractivity contribution in [2.75, 3.05) is 5.32 Å². The predicted octanol–water partition coefficient (Wildman–Crippen LogP) is 3.99. The molecule has 0 saturated heterocycles. The van der Waals surface area contributed by atoms with Crippen LogP contribution in [0.4, 0.5) is 5.69 Å². The molecule has 1 aromatic carbocycles. The van der Waals surface area contributed by atoms with Gasteiger partial charge in [-0.15, -0.1) is 11.3 Å². The molecule has 2 rings (SSSR count). The second-order valence-corrected chi connectivity index (χ2v) is 7.13. The largest absolute Gasteiger partial charge is 0.459 e. The molecule has 2 atom stereocenters. The Morgan fingerprint density at radius 2 is 1.72 bits per heavy atom. The lowest BCUT2D eigenvalue weighted by Crippen LogP contribution is -2.39. The van der Waals surface area contributed by atoms with E-state index in [2.05, 4.69) is 10.6 Å². The van der Waals surface area contributed by atoms with E-state index in [1.165, 1.54) is 4.88 Å². The highest BCUT2D eigenvalue weighted by Crippen LogP contribution is 2.19. The van der Waals surface area contributed by atoms with Crippen molar-refractivity contribution in [1.82, 2.24) is 5.32 Å². The Morgan fingerprint density at radius 3 is 2.28 bits per heavy atom. The lowest BCUT2D eigenvalue weighted by atomic mass is 10.2. The maximum Gasteiger partial charge on any atom is 0.338 e. The number of anilines is 1. The average molecular weight is 360 g/mol. The third-order valence-corrected chi connectivity index (χ3v) is 4.65. The van der Waals surface area contributed by atoms with Crippen LogP contribution in [0.5, 0.6) is 0 Å². The van der Waals surface area contributed by atoms with E-state index in [1.54, 1.807) is 49.4 Å².